The van der Waals surface area contributed by atoms with Crippen LogP contribution in [0.4, 0.5) is 22.7 Å². The van der Waals surface area contributed by atoms with Crippen LogP contribution < -0.4 is 4.90 Å². The second-order valence-electron chi connectivity index (χ2n) is 12.6. The van der Waals surface area contributed by atoms with E-state index in [0.29, 0.717) is 5.69 Å². The molecule has 5 aromatic rings. The van der Waals surface area contributed by atoms with Gasteiger partial charge in [-0.25, -0.2) is 0 Å². The minimum atomic E-state index is -0.414. The third-order valence-electron chi connectivity index (χ3n) is 9.08. The number of aryl methyl sites for hydroxylation is 1. The second kappa shape index (κ2) is 18.0. The van der Waals surface area contributed by atoms with Gasteiger partial charge in [-0.1, -0.05) is 101 Å². The molecule has 0 aliphatic heterocycles. The summed E-state index contributed by atoms with van der Waals surface area (Å²) in [6.45, 7) is 5.49. The Kier molecular flexibility index (Phi) is 12.9. The Labute approximate surface area is 279 Å². The van der Waals surface area contributed by atoms with E-state index in [1.54, 1.807) is 12.1 Å². The summed E-state index contributed by atoms with van der Waals surface area (Å²) in [5, 5.41) is 22.1. The van der Waals surface area contributed by atoms with Crippen LogP contribution in [-0.2, 0) is 6.54 Å². The van der Waals surface area contributed by atoms with E-state index in [4.69, 9.17) is 0 Å². The van der Waals surface area contributed by atoms with Crippen LogP contribution in [0.3, 0.4) is 0 Å². The van der Waals surface area contributed by atoms with E-state index < -0.39 is 4.92 Å². The summed E-state index contributed by atoms with van der Waals surface area (Å²) in [6, 6.07) is 32.0. The third-order valence-corrected chi connectivity index (χ3v) is 9.08. The summed E-state index contributed by atoms with van der Waals surface area (Å²) in [5.41, 5.74) is 5.36. The highest BCUT2D eigenvalue weighted by Crippen LogP contribution is 2.29. The highest BCUT2D eigenvalue weighted by molar-refractivity contribution is 6.07. The molecule has 0 fully saturated rings. The Morgan fingerprint density at radius 3 is 1.60 bits per heavy atom. The first-order valence-electron chi connectivity index (χ1n) is 17.6. The van der Waals surface area contributed by atoms with Crippen molar-refractivity contribution < 1.29 is 4.92 Å². The summed E-state index contributed by atoms with van der Waals surface area (Å²) >= 11 is 0. The molecule has 0 bridgehead atoms. The first kappa shape index (κ1) is 33.8. The number of nitro benzene ring substituents is 1. The maximum absolute atomic E-state index is 10.8. The van der Waals surface area contributed by atoms with Gasteiger partial charge < -0.3 is 9.47 Å². The number of hydrogen-bond acceptors (Lipinski definition) is 5. The Hall–Kier alpha value is -4.52. The van der Waals surface area contributed by atoms with Crippen molar-refractivity contribution in [2.24, 2.45) is 10.2 Å². The molecule has 0 saturated heterocycles. The van der Waals surface area contributed by atoms with Crippen LogP contribution in [0.5, 0.6) is 0 Å². The van der Waals surface area contributed by atoms with Gasteiger partial charge in [-0.15, -0.1) is 0 Å². The number of non-ortho nitro benzene ring substituents is 1. The van der Waals surface area contributed by atoms with Crippen LogP contribution >= 0.6 is 0 Å². The standard InChI is InChI=1S/C40H49N5O2/c1-2-3-30-43(35-26-22-33(23-27-35)41-42-34-24-28-36(29-25-34)45(46)47)31-16-10-8-6-4-5-7-9-11-17-32-44-39-20-14-12-18-37(39)38-19-13-15-21-40(38)44/h12-15,18-29H,2-11,16-17,30-32H2,1H3. The number of nitro groups is 1. The zero-order valence-corrected chi connectivity index (χ0v) is 27.9. The zero-order valence-electron chi connectivity index (χ0n) is 27.9. The lowest BCUT2D eigenvalue weighted by Crippen LogP contribution is -2.25. The molecule has 7 heteroatoms. The molecule has 0 amide bonds. The zero-order chi connectivity index (χ0) is 32.7. The topological polar surface area (TPSA) is 76.0 Å². The largest absolute Gasteiger partial charge is 0.372 e. The van der Waals surface area contributed by atoms with E-state index in [1.165, 1.54) is 117 Å². The molecule has 0 aliphatic carbocycles. The number of hydrogen-bond donors (Lipinski definition) is 0. The SMILES string of the molecule is CCCCN(CCCCCCCCCCCCn1c2ccccc2c2ccccc21)c1ccc(N=Nc2ccc([N+](=O)[O-])cc2)cc1. The van der Waals surface area contributed by atoms with Crippen molar-refractivity contribution in [3.8, 4) is 0 Å². The maximum Gasteiger partial charge on any atom is 0.269 e. The summed E-state index contributed by atoms with van der Waals surface area (Å²) in [4.78, 5) is 12.9. The number of rotatable bonds is 20. The molecule has 1 aromatic heterocycles. The molecule has 1 heterocycles. The molecule has 0 unspecified atom stereocenters. The van der Waals surface area contributed by atoms with Crippen LogP contribution in [-0.4, -0.2) is 22.6 Å². The van der Waals surface area contributed by atoms with Crippen molar-refractivity contribution in [3.63, 3.8) is 0 Å². The lowest BCUT2D eigenvalue weighted by molar-refractivity contribution is -0.384. The molecule has 0 saturated carbocycles. The molecule has 0 N–H and O–H groups in total. The molecule has 0 aliphatic rings. The van der Waals surface area contributed by atoms with Gasteiger partial charge in [-0.3, -0.25) is 10.1 Å². The molecular weight excluding hydrogens is 582 g/mol. The lowest BCUT2D eigenvalue weighted by atomic mass is 10.1. The lowest BCUT2D eigenvalue weighted by Gasteiger charge is -2.25. The number of anilines is 1. The number of para-hydroxylation sites is 2. The average Bonchev–Trinajstić information content (AvgIpc) is 3.43. The van der Waals surface area contributed by atoms with Gasteiger partial charge >= 0.3 is 0 Å². The molecule has 5 rings (SSSR count). The fraction of sp³-hybridized carbons (Fsp3) is 0.400. The van der Waals surface area contributed by atoms with E-state index in [1.807, 2.05) is 12.1 Å². The minimum absolute atomic E-state index is 0.0503. The molecule has 4 aromatic carbocycles. The number of benzene rings is 4. The smallest absolute Gasteiger partial charge is 0.269 e. The summed E-state index contributed by atoms with van der Waals surface area (Å²) in [7, 11) is 0. The molecule has 0 atom stereocenters. The van der Waals surface area contributed by atoms with Crippen LogP contribution in [0.1, 0.15) is 84.0 Å². The van der Waals surface area contributed by atoms with Crippen LogP contribution in [0.2, 0.25) is 0 Å². The van der Waals surface area contributed by atoms with Gasteiger partial charge in [0.25, 0.3) is 5.69 Å². The van der Waals surface area contributed by atoms with Crippen molar-refractivity contribution in [2.45, 2.75) is 90.5 Å². The van der Waals surface area contributed by atoms with E-state index in [2.05, 4.69) is 87.3 Å². The summed E-state index contributed by atoms with van der Waals surface area (Å²) in [6.07, 6.45) is 15.4. The fourth-order valence-corrected chi connectivity index (χ4v) is 6.44. The van der Waals surface area contributed by atoms with Gasteiger partial charge in [0.05, 0.1) is 16.3 Å². The van der Waals surface area contributed by atoms with Gasteiger partial charge in [0, 0.05) is 59.3 Å². The van der Waals surface area contributed by atoms with Gasteiger partial charge in [0.1, 0.15) is 0 Å². The molecular formula is C40H49N5O2. The number of azo groups is 1. The van der Waals surface area contributed by atoms with Gasteiger partial charge in [-0.2, -0.15) is 10.2 Å². The Bertz CT molecular complexity index is 1660. The van der Waals surface area contributed by atoms with Crippen molar-refractivity contribution in [3.05, 3.63) is 107 Å². The normalized spacial score (nSPS) is 11.6. The van der Waals surface area contributed by atoms with Crippen LogP contribution in [0.25, 0.3) is 21.8 Å². The number of fused-ring (bicyclic) bond motifs is 3. The molecule has 0 radical (unpaired) electrons. The monoisotopic (exact) mass is 631 g/mol. The fourth-order valence-electron chi connectivity index (χ4n) is 6.44. The minimum Gasteiger partial charge on any atom is -0.372 e. The third kappa shape index (κ3) is 9.74. The number of nitrogens with zero attached hydrogens (tertiary/aromatic N) is 5. The Morgan fingerprint density at radius 1 is 0.596 bits per heavy atom. The van der Waals surface area contributed by atoms with E-state index in [-0.39, 0.29) is 5.69 Å². The predicted molar refractivity (Wildman–Crippen MR) is 196 cm³/mol. The van der Waals surface area contributed by atoms with E-state index in [9.17, 15) is 10.1 Å². The highest BCUT2D eigenvalue weighted by Gasteiger charge is 2.10. The van der Waals surface area contributed by atoms with E-state index in [0.717, 1.165) is 25.3 Å². The quantitative estimate of drug-likeness (QED) is 0.0371. The van der Waals surface area contributed by atoms with Crippen molar-refractivity contribution in [2.75, 3.05) is 18.0 Å². The Balaban J connectivity index is 0.951. The number of unbranched alkanes of at least 4 members (excludes halogenated alkanes) is 10. The second-order valence-corrected chi connectivity index (χ2v) is 12.6. The molecule has 0 spiro atoms. The van der Waals surface area contributed by atoms with Crippen LogP contribution in [0, 0.1) is 10.1 Å². The average molecular weight is 632 g/mol. The first-order valence-corrected chi connectivity index (χ1v) is 17.6. The number of aromatic nitrogens is 1. The maximum atomic E-state index is 10.8. The molecule has 246 valence electrons. The van der Waals surface area contributed by atoms with Crippen LogP contribution in [0.15, 0.2) is 107 Å². The molecule has 7 nitrogen and oxygen atoms in total. The van der Waals surface area contributed by atoms with Gasteiger partial charge in [-0.05, 0) is 67.8 Å². The highest BCUT2D eigenvalue weighted by atomic mass is 16.6. The van der Waals surface area contributed by atoms with E-state index >= 15 is 0 Å². The summed E-state index contributed by atoms with van der Waals surface area (Å²) in [5.74, 6) is 0. The summed E-state index contributed by atoms with van der Waals surface area (Å²) < 4.78 is 2.52. The Morgan fingerprint density at radius 2 is 1.06 bits per heavy atom. The van der Waals surface area contributed by atoms with Gasteiger partial charge in [0.2, 0.25) is 0 Å². The van der Waals surface area contributed by atoms with Crippen molar-refractivity contribution in [1.29, 1.82) is 0 Å². The van der Waals surface area contributed by atoms with Crippen molar-refractivity contribution >= 4 is 44.6 Å². The first-order chi connectivity index (χ1) is 23.1. The predicted octanol–water partition coefficient (Wildman–Crippen LogP) is 12.3. The van der Waals surface area contributed by atoms with Crippen molar-refractivity contribution in [1.82, 2.24) is 4.57 Å². The molecule has 47 heavy (non-hydrogen) atoms. The van der Waals surface area contributed by atoms with Gasteiger partial charge in [0.15, 0.2) is 0 Å².